The molecular formula is C28H30N4O3. The van der Waals surface area contributed by atoms with Gasteiger partial charge in [0, 0.05) is 49.6 Å². The minimum atomic E-state index is -0.00986. The first kappa shape index (κ1) is 22.9. The molecule has 2 aliphatic rings. The molecule has 0 radical (unpaired) electrons. The number of carbonyl (C=O) groups is 2. The molecule has 2 aromatic carbocycles. The van der Waals surface area contributed by atoms with Gasteiger partial charge in [-0.05, 0) is 67.5 Å². The van der Waals surface area contributed by atoms with Crippen LogP contribution >= 0.6 is 0 Å². The van der Waals surface area contributed by atoms with Gasteiger partial charge in [0.25, 0.3) is 0 Å². The van der Waals surface area contributed by atoms with Crippen LogP contribution in [0.5, 0.6) is 5.75 Å². The topological polar surface area (TPSA) is 94.6 Å². The van der Waals surface area contributed by atoms with E-state index >= 15 is 0 Å². The van der Waals surface area contributed by atoms with Gasteiger partial charge in [-0.1, -0.05) is 18.2 Å². The number of pyridine rings is 1. The molecule has 7 nitrogen and oxygen atoms in total. The number of aromatic hydroxyl groups is 1. The molecule has 0 saturated carbocycles. The number of carbonyl (C=O) groups excluding carboxylic acids is 2. The summed E-state index contributed by atoms with van der Waals surface area (Å²) in [5.41, 5.74) is 5.92. The molecule has 0 atom stereocenters. The van der Waals surface area contributed by atoms with Gasteiger partial charge in [-0.25, -0.2) is 4.98 Å². The van der Waals surface area contributed by atoms with Gasteiger partial charge in [-0.3, -0.25) is 9.59 Å². The van der Waals surface area contributed by atoms with E-state index in [2.05, 4.69) is 27.8 Å². The summed E-state index contributed by atoms with van der Waals surface area (Å²) >= 11 is 0. The maximum absolute atomic E-state index is 13.4. The van der Waals surface area contributed by atoms with E-state index in [0.29, 0.717) is 23.5 Å². The molecule has 0 bridgehead atoms. The van der Waals surface area contributed by atoms with E-state index in [1.165, 1.54) is 5.56 Å². The Kier molecular flexibility index (Phi) is 6.40. The lowest BCUT2D eigenvalue weighted by molar-refractivity contribution is -0.127. The van der Waals surface area contributed by atoms with E-state index in [0.717, 1.165) is 61.3 Å². The van der Waals surface area contributed by atoms with Gasteiger partial charge < -0.3 is 20.6 Å². The number of ketones is 1. The van der Waals surface area contributed by atoms with Crippen molar-refractivity contribution in [2.45, 2.75) is 45.4 Å². The quantitative estimate of drug-likeness (QED) is 0.408. The van der Waals surface area contributed by atoms with E-state index in [-0.39, 0.29) is 23.9 Å². The standard InChI is InChI=1S/C28H30N4O3/c1-18-7-9-21(33)17-24(18)30-23-11-12-29-28-27(23)25(34)16-20-15-19(8-10-22(20)31-28)5-2-3-13-32-14-4-6-26(32)35/h7-12,15,17,33H,2-6,13-14,16H2,1H3,(H2,29,30,31). The molecule has 1 amide bonds. The number of nitrogens with zero attached hydrogens (tertiary/aromatic N) is 2. The molecule has 35 heavy (non-hydrogen) atoms. The minimum Gasteiger partial charge on any atom is -0.508 e. The van der Waals surface area contributed by atoms with Crippen LogP contribution in [-0.4, -0.2) is 39.8 Å². The second kappa shape index (κ2) is 9.78. The molecule has 3 heterocycles. The zero-order valence-corrected chi connectivity index (χ0v) is 19.9. The number of nitrogens with one attached hydrogen (secondary N) is 2. The van der Waals surface area contributed by atoms with Gasteiger partial charge in [0.15, 0.2) is 5.78 Å². The molecule has 3 N–H and O–H groups in total. The summed E-state index contributed by atoms with van der Waals surface area (Å²) in [6, 6.07) is 13.1. The Bertz CT molecular complexity index is 1290. The number of unbranched alkanes of at least 4 members (excludes halogenated alkanes) is 1. The summed E-state index contributed by atoms with van der Waals surface area (Å²) < 4.78 is 0. The SMILES string of the molecule is Cc1ccc(O)cc1Nc1ccnc2c1C(=O)Cc1cc(CCCCN3CCCC3=O)ccc1N2. The van der Waals surface area contributed by atoms with Gasteiger partial charge in [0.1, 0.15) is 11.6 Å². The van der Waals surface area contributed by atoms with Crippen molar-refractivity contribution in [2.75, 3.05) is 23.7 Å². The van der Waals surface area contributed by atoms with Crippen LogP contribution in [-0.2, 0) is 17.6 Å². The highest BCUT2D eigenvalue weighted by molar-refractivity contribution is 6.09. The molecule has 3 aromatic rings. The van der Waals surface area contributed by atoms with Gasteiger partial charge in [-0.2, -0.15) is 0 Å². The number of likely N-dealkylation sites (tertiary alicyclic amines) is 1. The van der Waals surface area contributed by atoms with E-state index in [9.17, 15) is 14.7 Å². The van der Waals surface area contributed by atoms with Gasteiger partial charge in [0.2, 0.25) is 5.91 Å². The summed E-state index contributed by atoms with van der Waals surface area (Å²) in [7, 11) is 0. The smallest absolute Gasteiger partial charge is 0.222 e. The van der Waals surface area contributed by atoms with Crippen LogP contribution in [0.1, 0.15) is 52.7 Å². The molecule has 1 aromatic heterocycles. The molecule has 0 spiro atoms. The lowest BCUT2D eigenvalue weighted by atomic mass is 9.99. The molecule has 180 valence electrons. The molecule has 0 aliphatic carbocycles. The van der Waals surface area contributed by atoms with E-state index in [1.54, 1.807) is 24.4 Å². The van der Waals surface area contributed by atoms with Crippen molar-refractivity contribution in [1.82, 2.24) is 9.88 Å². The Labute approximate surface area is 205 Å². The van der Waals surface area contributed by atoms with Crippen LogP contribution in [0, 0.1) is 6.92 Å². The van der Waals surface area contributed by atoms with Gasteiger partial charge in [-0.15, -0.1) is 0 Å². The molecule has 1 saturated heterocycles. The zero-order valence-electron chi connectivity index (χ0n) is 19.9. The fourth-order valence-corrected chi connectivity index (χ4v) is 4.86. The highest BCUT2D eigenvalue weighted by Gasteiger charge is 2.24. The largest absolute Gasteiger partial charge is 0.508 e. The first-order chi connectivity index (χ1) is 17.0. The lowest BCUT2D eigenvalue weighted by Crippen LogP contribution is -2.25. The van der Waals surface area contributed by atoms with Crippen molar-refractivity contribution in [3.63, 3.8) is 0 Å². The van der Waals surface area contributed by atoms with Crippen molar-refractivity contribution in [3.8, 4) is 5.75 Å². The highest BCUT2D eigenvalue weighted by atomic mass is 16.3. The number of anilines is 4. The molecule has 1 fully saturated rings. The van der Waals surface area contributed by atoms with Crippen LogP contribution in [0.2, 0.25) is 0 Å². The zero-order chi connectivity index (χ0) is 24.4. The molecule has 5 rings (SSSR count). The van der Waals surface area contributed by atoms with Crippen molar-refractivity contribution in [1.29, 1.82) is 0 Å². The summed E-state index contributed by atoms with van der Waals surface area (Å²) in [4.78, 5) is 31.6. The third kappa shape index (κ3) is 4.99. The molecular weight excluding hydrogens is 440 g/mol. The number of Topliss-reactive ketones (excluding diaryl/α,β-unsaturated/α-hetero) is 1. The van der Waals surface area contributed by atoms with Crippen molar-refractivity contribution >= 4 is 34.6 Å². The number of fused-ring (bicyclic) bond motifs is 2. The Morgan fingerprint density at radius 3 is 2.80 bits per heavy atom. The Morgan fingerprint density at radius 2 is 1.97 bits per heavy atom. The van der Waals surface area contributed by atoms with Crippen molar-refractivity contribution < 1.29 is 14.7 Å². The maximum Gasteiger partial charge on any atom is 0.222 e. The molecule has 0 unspecified atom stereocenters. The summed E-state index contributed by atoms with van der Waals surface area (Å²) in [5, 5.41) is 16.6. The number of phenols is 1. The van der Waals surface area contributed by atoms with Gasteiger partial charge >= 0.3 is 0 Å². The van der Waals surface area contributed by atoms with Crippen LogP contribution < -0.4 is 10.6 Å². The summed E-state index contributed by atoms with van der Waals surface area (Å²) in [6.45, 7) is 3.67. The maximum atomic E-state index is 13.4. The number of benzene rings is 2. The Balaban J connectivity index is 1.30. The van der Waals surface area contributed by atoms with Crippen LogP contribution in [0.4, 0.5) is 22.9 Å². The number of hydrogen-bond acceptors (Lipinski definition) is 6. The number of aryl methyl sites for hydroxylation is 2. The fourth-order valence-electron chi connectivity index (χ4n) is 4.86. The second-order valence-electron chi connectivity index (χ2n) is 9.36. The fraction of sp³-hybridized carbons (Fsp3) is 0.321. The monoisotopic (exact) mass is 470 g/mol. The van der Waals surface area contributed by atoms with Crippen molar-refractivity contribution in [3.05, 3.63) is 70.9 Å². The second-order valence-corrected chi connectivity index (χ2v) is 9.36. The van der Waals surface area contributed by atoms with Crippen molar-refractivity contribution in [2.24, 2.45) is 0 Å². The normalized spacial score (nSPS) is 14.8. The average Bonchev–Trinajstić information content (AvgIpc) is 3.18. The molecule has 7 heteroatoms. The number of phenolic OH excluding ortho intramolecular Hbond substituents is 1. The number of amides is 1. The van der Waals surface area contributed by atoms with E-state index < -0.39 is 0 Å². The number of hydrogen-bond donors (Lipinski definition) is 3. The predicted octanol–water partition coefficient (Wildman–Crippen LogP) is 5.27. The van der Waals surface area contributed by atoms with Gasteiger partial charge in [0.05, 0.1) is 11.3 Å². The average molecular weight is 471 g/mol. The van der Waals surface area contributed by atoms with Crippen LogP contribution in [0.3, 0.4) is 0 Å². The summed E-state index contributed by atoms with van der Waals surface area (Å²) in [6.07, 6.45) is 6.52. The number of rotatable bonds is 7. The first-order valence-corrected chi connectivity index (χ1v) is 12.2. The van der Waals surface area contributed by atoms with Crippen LogP contribution in [0.25, 0.3) is 0 Å². The minimum absolute atomic E-state index is 0.00986. The van der Waals surface area contributed by atoms with E-state index in [4.69, 9.17) is 0 Å². The Hall–Kier alpha value is -3.87. The molecule has 2 aliphatic heterocycles. The third-order valence-corrected chi connectivity index (χ3v) is 6.81. The third-order valence-electron chi connectivity index (χ3n) is 6.81. The lowest BCUT2D eigenvalue weighted by Gasteiger charge is -2.15. The van der Waals surface area contributed by atoms with Crippen LogP contribution in [0.15, 0.2) is 48.7 Å². The Morgan fingerprint density at radius 1 is 1.09 bits per heavy atom. The number of aromatic nitrogens is 1. The predicted molar refractivity (Wildman–Crippen MR) is 137 cm³/mol. The first-order valence-electron chi connectivity index (χ1n) is 12.2. The highest BCUT2D eigenvalue weighted by Crippen LogP contribution is 2.35. The van der Waals surface area contributed by atoms with E-state index in [1.807, 2.05) is 24.0 Å². The summed E-state index contributed by atoms with van der Waals surface area (Å²) in [5.74, 6) is 0.958.